The van der Waals surface area contributed by atoms with Crippen molar-refractivity contribution < 1.29 is 18.9 Å². The van der Waals surface area contributed by atoms with Gasteiger partial charge in [0.25, 0.3) is 8.61 Å². The van der Waals surface area contributed by atoms with Crippen LogP contribution in [-0.4, -0.2) is 24.0 Å². The third-order valence-corrected chi connectivity index (χ3v) is 2.49. The Morgan fingerprint density at radius 3 is 2.50 bits per heavy atom. The van der Waals surface area contributed by atoms with Gasteiger partial charge in [-0.05, 0) is 23.9 Å². The number of methoxy groups -OCH3 is 1. The van der Waals surface area contributed by atoms with Crippen LogP contribution >= 0.6 is 8.61 Å². The maximum atomic E-state index is 11.2. The van der Waals surface area contributed by atoms with E-state index < -0.39 is 20.6 Å². The lowest BCUT2D eigenvalue weighted by atomic mass is 10.3. The van der Waals surface area contributed by atoms with Gasteiger partial charge in [0.15, 0.2) is 6.04 Å². The molecule has 0 heterocycles. The van der Waals surface area contributed by atoms with Gasteiger partial charge in [0.2, 0.25) is 0 Å². The third-order valence-electron chi connectivity index (χ3n) is 1.90. The van der Waals surface area contributed by atoms with Crippen molar-refractivity contribution in [2.24, 2.45) is 0 Å². The van der Waals surface area contributed by atoms with Crippen LogP contribution in [0.1, 0.15) is 6.92 Å². The molecule has 0 aromatic heterocycles. The number of benzene rings is 1. The standard InChI is InChI=1S/C10H12NO4P/c1-8(10(12)14-2)11(16-13)15-9-6-4-3-5-7-9/h3-8H,1-2H3. The van der Waals surface area contributed by atoms with Gasteiger partial charge >= 0.3 is 5.97 Å². The van der Waals surface area contributed by atoms with E-state index >= 15 is 0 Å². The molecule has 0 bridgehead atoms. The lowest BCUT2D eigenvalue weighted by Crippen LogP contribution is -2.35. The minimum atomic E-state index is -0.746. The molecule has 0 amide bonds. The van der Waals surface area contributed by atoms with Crippen molar-refractivity contribution in [3.05, 3.63) is 30.3 Å². The maximum Gasteiger partial charge on any atom is 0.327 e. The van der Waals surface area contributed by atoms with Gasteiger partial charge in [-0.3, -0.25) is 9.36 Å². The number of hydrogen-bond acceptors (Lipinski definition) is 4. The van der Waals surface area contributed by atoms with Crippen LogP contribution in [-0.2, 0) is 14.1 Å². The number of rotatable bonds is 5. The van der Waals surface area contributed by atoms with E-state index in [1.54, 1.807) is 31.2 Å². The zero-order chi connectivity index (χ0) is 12.0. The number of nitrogens with zero attached hydrogens (tertiary/aromatic N) is 1. The summed E-state index contributed by atoms with van der Waals surface area (Å²) in [4.78, 5) is 17.5. The molecular weight excluding hydrogens is 229 g/mol. The Kier molecular flexibility index (Phi) is 4.89. The van der Waals surface area contributed by atoms with Crippen molar-refractivity contribution >= 4 is 14.6 Å². The van der Waals surface area contributed by atoms with Crippen molar-refractivity contribution in [1.82, 2.24) is 4.83 Å². The number of carbonyl (C=O) groups excluding carboxylic acids is 1. The van der Waals surface area contributed by atoms with Gasteiger partial charge < -0.3 is 9.57 Å². The summed E-state index contributed by atoms with van der Waals surface area (Å²) >= 11 is 0. The lowest BCUT2D eigenvalue weighted by Gasteiger charge is -2.19. The van der Waals surface area contributed by atoms with Crippen molar-refractivity contribution in [3.63, 3.8) is 0 Å². The molecule has 0 fully saturated rings. The first-order chi connectivity index (χ1) is 7.69. The van der Waals surface area contributed by atoms with E-state index in [0.29, 0.717) is 5.75 Å². The zero-order valence-electron chi connectivity index (χ0n) is 8.99. The molecule has 1 rings (SSSR count). The molecular formula is C10H12NO4P. The van der Waals surface area contributed by atoms with Crippen LogP contribution in [0.15, 0.2) is 30.3 Å². The Hall–Kier alpha value is -1.45. The molecule has 86 valence electrons. The third kappa shape index (κ3) is 3.29. The number of para-hydroxylation sites is 1. The fourth-order valence-electron chi connectivity index (χ4n) is 1.02. The first-order valence-corrected chi connectivity index (χ1v) is 5.39. The molecule has 1 aromatic carbocycles. The minimum absolute atomic E-state index is 0.406. The van der Waals surface area contributed by atoms with E-state index in [9.17, 15) is 9.36 Å². The van der Waals surface area contributed by atoms with E-state index in [-0.39, 0.29) is 0 Å². The summed E-state index contributed by atoms with van der Waals surface area (Å²) in [5.74, 6) is -0.0131. The fourth-order valence-corrected chi connectivity index (χ4v) is 1.38. The number of carbonyl (C=O) groups is 1. The van der Waals surface area contributed by atoms with Crippen molar-refractivity contribution in [3.8, 4) is 5.75 Å². The number of hydroxylamine groups is 1. The Morgan fingerprint density at radius 1 is 1.38 bits per heavy atom. The molecule has 1 unspecified atom stereocenters. The van der Waals surface area contributed by atoms with Crippen LogP contribution < -0.4 is 4.84 Å². The predicted molar refractivity (Wildman–Crippen MR) is 58.0 cm³/mol. The van der Waals surface area contributed by atoms with Gasteiger partial charge in [-0.15, -0.1) is 0 Å². The number of ether oxygens (including phenoxy) is 1. The van der Waals surface area contributed by atoms with Crippen LogP contribution in [0.3, 0.4) is 0 Å². The summed E-state index contributed by atoms with van der Waals surface area (Å²) in [6.45, 7) is 1.54. The normalized spacial score (nSPS) is 12.4. The summed E-state index contributed by atoms with van der Waals surface area (Å²) in [6.07, 6.45) is 0. The smallest absolute Gasteiger partial charge is 0.327 e. The van der Waals surface area contributed by atoms with Crippen LogP contribution in [0.5, 0.6) is 5.75 Å². The van der Waals surface area contributed by atoms with E-state index in [1.807, 2.05) is 6.07 Å². The first kappa shape index (κ1) is 12.6. The highest BCUT2D eigenvalue weighted by atomic mass is 31.1. The highest BCUT2D eigenvalue weighted by Gasteiger charge is 2.24. The van der Waals surface area contributed by atoms with Gasteiger partial charge in [0.1, 0.15) is 5.75 Å². The quantitative estimate of drug-likeness (QED) is 0.448. The lowest BCUT2D eigenvalue weighted by molar-refractivity contribution is -0.150. The zero-order valence-corrected chi connectivity index (χ0v) is 9.89. The van der Waals surface area contributed by atoms with Crippen molar-refractivity contribution in [2.45, 2.75) is 13.0 Å². The minimum Gasteiger partial charge on any atom is -0.468 e. The van der Waals surface area contributed by atoms with E-state index in [4.69, 9.17) is 4.84 Å². The molecule has 0 saturated carbocycles. The highest BCUT2D eigenvalue weighted by Crippen LogP contribution is 2.18. The van der Waals surface area contributed by atoms with Crippen LogP contribution in [0.2, 0.25) is 0 Å². The Morgan fingerprint density at radius 2 is 2.00 bits per heavy atom. The van der Waals surface area contributed by atoms with E-state index in [2.05, 4.69) is 4.74 Å². The highest BCUT2D eigenvalue weighted by molar-refractivity contribution is 7.20. The predicted octanol–water partition coefficient (Wildman–Crippen LogP) is 2.05. The molecule has 0 N–H and O–H groups in total. The molecule has 0 aliphatic rings. The molecule has 0 aliphatic carbocycles. The average Bonchev–Trinajstić information content (AvgIpc) is 2.35. The van der Waals surface area contributed by atoms with Gasteiger partial charge in [0.05, 0.1) is 7.11 Å². The monoisotopic (exact) mass is 241 g/mol. The maximum absolute atomic E-state index is 11.2. The van der Waals surface area contributed by atoms with E-state index in [1.165, 1.54) is 7.11 Å². The molecule has 0 saturated heterocycles. The average molecular weight is 241 g/mol. The van der Waals surface area contributed by atoms with Gasteiger partial charge in [-0.2, -0.15) is 0 Å². The van der Waals surface area contributed by atoms with E-state index in [0.717, 1.165) is 4.83 Å². The number of hydrogen-bond donors (Lipinski definition) is 0. The summed E-state index contributed by atoms with van der Waals surface area (Å²) < 4.78 is 15.4. The molecule has 0 radical (unpaired) electrons. The van der Waals surface area contributed by atoms with Crippen LogP contribution in [0, 0.1) is 0 Å². The second kappa shape index (κ2) is 6.20. The largest absolute Gasteiger partial charge is 0.468 e. The Labute approximate surface area is 95.2 Å². The summed E-state index contributed by atoms with van der Waals surface area (Å²) in [5.41, 5.74) is 0. The Bertz CT molecular complexity index is 357. The molecule has 1 aromatic rings. The molecule has 0 spiro atoms. The second-order valence-electron chi connectivity index (χ2n) is 2.99. The van der Waals surface area contributed by atoms with Gasteiger partial charge in [-0.1, -0.05) is 18.2 Å². The molecule has 16 heavy (non-hydrogen) atoms. The van der Waals surface area contributed by atoms with Crippen molar-refractivity contribution in [2.75, 3.05) is 7.11 Å². The van der Waals surface area contributed by atoms with Crippen LogP contribution in [0.4, 0.5) is 0 Å². The van der Waals surface area contributed by atoms with Crippen molar-refractivity contribution in [1.29, 1.82) is 0 Å². The summed E-state index contributed by atoms with van der Waals surface area (Å²) in [7, 11) is 0.859. The van der Waals surface area contributed by atoms with Gasteiger partial charge in [-0.25, -0.2) is 0 Å². The Balaban J connectivity index is 2.69. The summed E-state index contributed by atoms with van der Waals surface area (Å²) in [6, 6.07) is 8.03. The molecule has 1 atom stereocenters. The fraction of sp³-hybridized carbons (Fsp3) is 0.300. The first-order valence-electron chi connectivity index (χ1n) is 4.62. The number of esters is 1. The van der Waals surface area contributed by atoms with Gasteiger partial charge in [0, 0.05) is 0 Å². The topological polar surface area (TPSA) is 55.8 Å². The molecule has 5 nitrogen and oxygen atoms in total. The second-order valence-corrected chi connectivity index (χ2v) is 3.55. The van der Waals surface area contributed by atoms with Crippen LogP contribution in [0.25, 0.3) is 0 Å². The molecule has 0 aliphatic heterocycles. The molecule has 6 heteroatoms. The SMILES string of the molecule is COC(=O)C(C)N(Oc1ccccc1)P=O. The summed E-state index contributed by atoms with van der Waals surface area (Å²) in [5, 5.41) is 0.